The number of hydrogen-bond donors (Lipinski definition) is 3. The second-order valence-corrected chi connectivity index (χ2v) is 7.46. The molecule has 0 aromatic heterocycles. The number of amides is 2. The standard InChI is InChI=1S/C16H29N3O2/c1-16(2,3)19-14(20)10-17-15(21)13-9-8-11-6-4-5-7-12(11)18-13/h11-13,18H,4-10H2,1-3H3,(H,17,21)(H,19,20). The van der Waals surface area contributed by atoms with E-state index in [-0.39, 0.29) is 29.9 Å². The number of carbonyl (C=O) groups excluding carboxylic acids is 2. The highest BCUT2D eigenvalue weighted by Crippen LogP contribution is 2.32. The lowest BCUT2D eigenvalue weighted by Crippen LogP contribution is -2.56. The van der Waals surface area contributed by atoms with Gasteiger partial charge >= 0.3 is 0 Å². The molecule has 3 unspecified atom stereocenters. The Bertz CT molecular complexity index is 389. The smallest absolute Gasteiger partial charge is 0.239 e. The molecule has 0 aromatic rings. The first-order valence-corrected chi connectivity index (χ1v) is 8.20. The molecule has 21 heavy (non-hydrogen) atoms. The zero-order chi connectivity index (χ0) is 15.5. The van der Waals surface area contributed by atoms with E-state index < -0.39 is 0 Å². The van der Waals surface area contributed by atoms with Crippen molar-refractivity contribution in [3.05, 3.63) is 0 Å². The Labute approximate surface area is 127 Å². The van der Waals surface area contributed by atoms with Gasteiger partial charge in [-0.15, -0.1) is 0 Å². The second-order valence-electron chi connectivity index (χ2n) is 7.46. The third-order valence-electron chi connectivity index (χ3n) is 4.40. The highest BCUT2D eigenvalue weighted by atomic mass is 16.2. The SMILES string of the molecule is CC(C)(C)NC(=O)CNC(=O)C1CCC2CCCCC2N1. The van der Waals surface area contributed by atoms with Crippen molar-refractivity contribution in [2.24, 2.45) is 5.92 Å². The Balaban J connectivity index is 1.75. The molecule has 3 atom stereocenters. The first-order valence-electron chi connectivity index (χ1n) is 8.20. The first kappa shape index (κ1) is 16.3. The van der Waals surface area contributed by atoms with Crippen LogP contribution in [0, 0.1) is 5.92 Å². The van der Waals surface area contributed by atoms with E-state index in [1.165, 1.54) is 25.7 Å². The van der Waals surface area contributed by atoms with E-state index in [1.807, 2.05) is 20.8 Å². The number of nitrogens with one attached hydrogen (secondary N) is 3. The minimum atomic E-state index is -0.264. The summed E-state index contributed by atoms with van der Waals surface area (Å²) in [5, 5.41) is 9.09. The molecule has 120 valence electrons. The summed E-state index contributed by atoms with van der Waals surface area (Å²) in [6.45, 7) is 5.85. The van der Waals surface area contributed by atoms with Gasteiger partial charge in [-0.2, -0.15) is 0 Å². The summed E-state index contributed by atoms with van der Waals surface area (Å²) in [6, 6.07) is 0.360. The average molecular weight is 295 g/mol. The molecular formula is C16H29N3O2. The lowest BCUT2D eigenvalue weighted by Gasteiger charge is -2.39. The number of rotatable bonds is 3. The normalized spacial score (nSPS) is 29.4. The van der Waals surface area contributed by atoms with Crippen molar-refractivity contribution in [1.29, 1.82) is 0 Å². The largest absolute Gasteiger partial charge is 0.350 e. The maximum atomic E-state index is 12.2. The summed E-state index contributed by atoms with van der Waals surface area (Å²) < 4.78 is 0. The highest BCUT2D eigenvalue weighted by molar-refractivity contribution is 5.87. The zero-order valence-electron chi connectivity index (χ0n) is 13.5. The molecule has 3 N–H and O–H groups in total. The van der Waals surface area contributed by atoms with Crippen molar-refractivity contribution in [1.82, 2.24) is 16.0 Å². The van der Waals surface area contributed by atoms with Crippen molar-refractivity contribution in [2.75, 3.05) is 6.54 Å². The molecule has 1 saturated carbocycles. The fraction of sp³-hybridized carbons (Fsp3) is 0.875. The summed E-state index contributed by atoms with van der Waals surface area (Å²) in [7, 11) is 0. The minimum absolute atomic E-state index is 0.0388. The molecule has 1 saturated heterocycles. The van der Waals surface area contributed by atoms with E-state index in [0.29, 0.717) is 6.04 Å². The van der Waals surface area contributed by atoms with Crippen molar-refractivity contribution < 1.29 is 9.59 Å². The molecule has 2 amide bonds. The van der Waals surface area contributed by atoms with Crippen LogP contribution in [0.4, 0.5) is 0 Å². The quantitative estimate of drug-likeness (QED) is 0.735. The number of hydrogen-bond acceptors (Lipinski definition) is 3. The van der Waals surface area contributed by atoms with E-state index in [4.69, 9.17) is 0 Å². The lowest BCUT2D eigenvalue weighted by atomic mass is 9.77. The molecule has 5 nitrogen and oxygen atoms in total. The van der Waals surface area contributed by atoms with Gasteiger partial charge in [0.15, 0.2) is 0 Å². The maximum absolute atomic E-state index is 12.2. The van der Waals surface area contributed by atoms with Crippen LogP contribution < -0.4 is 16.0 Å². The van der Waals surface area contributed by atoms with Gasteiger partial charge in [-0.25, -0.2) is 0 Å². The summed E-state index contributed by atoms with van der Waals surface area (Å²) in [6.07, 6.45) is 7.07. The molecular weight excluding hydrogens is 266 g/mol. The van der Waals surface area contributed by atoms with E-state index in [1.54, 1.807) is 0 Å². The van der Waals surface area contributed by atoms with Crippen molar-refractivity contribution in [3.63, 3.8) is 0 Å². The summed E-state index contributed by atoms with van der Waals surface area (Å²) in [4.78, 5) is 23.9. The monoisotopic (exact) mass is 295 g/mol. The average Bonchev–Trinajstić information content (AvgIpc) is 2.42. The minimum Gasteiger partial charge on any atom is -0.350 e. The van der Waals surface area contributed by atoms with Gasteiger partial charge < -0.3 is 16.0 Å². The van der Waals surface area contributed by atoms with E-state index in [9.17, 15) is 9.59 Å². The van der Waals surface area contributed by atoms with Gasteiger partial charge in [0.2, 0.25) is 11.8 Å². The van der Waals surface area contributed by atoms with Gasteiger partial charge in [0.1, 0.15) is 0 Å². The van der Waals surface area contributed by atoms with Crippen LogP contribution in [0.5, 0.6) is 0 Å². The molecule has 0 aromatic carbocycles. The van der Waals surface area contributed by atoms with Gasteiger partial charge in [0.25, 0.3) is 0 Å². The van der Waals surface area contributed by atoms with Gasteiger partial charge in [-0.1, -0.05) is 12.8 Å². The number of fused-ring (bicyclic) bond motifs is 1. The van der Waals surface area contributed by atoms with E-state index in [2.05, 4.69) is 16.0 Å². The molecule has 1 heterocycles. The van der Waals surface area contributed by atoms with Gasteiger partial charge in [0.05, 0.1) is 12.6 Å². The lowest BCUT2D eigenvalue weighted by molar-refractivity contribution is -0.128. The maximum Gasteiger partial charge on any atom is 0.239 e. The fourth-order valence-electron chi connectivity index (χ4n) is 3.45. The molecule has 0 bridgehead atoms. The molecule has 1 aliphatic heterocycles. The predicted octanol–water partition coefficient (Wildman–Crippen LogP) is 1.33. The van der Waals surface area contributed by atoms with Crippen molar-refractivity contribution in [2.45, 2.75) is 76.9 Å². The van der Waals surface area contributed by atoms with E-state index >= 15 is 0 Å². The van der Waals surface area contributed by atoms with Gasteiger partial charge in [-0.3, -0.25) is 9.59 Å². The molecule has 0 spiro atoms. The summed E-state index contributed by atoms with van der Waals surface area (Å²) >= 11 is 0. The molecule has 0 radical (unpaired) electrons. The van der Waals surface area contributed by atoms with E-state index in [0.717, 1.165) is 18.8 Å². The third kappa shape index (κ3) is 4.99. The molecule has 2 aliphatic rings. The topological polar surface area (TPSA) is 70.2 Å². The van der Waals surface area contributed by atoms with Crippen molar-refractivity contribution in [3.8, 4) is 0 Å². The molecule has 2 fully saturated rings. The molecule has 5 heteroatoms. The summed E-state index contributed by atoms with van der Waals surface area (Å²) in [5.74, 6) is 0.567. The Kier molecular flexibility index (Phi) is 5.25. The van der Waals surface area contributed by atoms with Crippen LogP contribution in [0.1, 0.15) is 59.3 Å². The Morgan fingerprint density at radius 1 is 1.10 bits per heavy atom. The van der Waals surface area contributed by atoms with Crippen LogP contribution in [-0.4, -0.2) is 36.0 Å². The Hall–Kier alpha value is -1.10. The predicted molar refractivity (Wildman–Crippen MR) is 82.8 cm³/mol. The van der Waals surface area contributed by atoms with Crippen LogP contribution in [0.25, 0.3) is 0 Å². The zero-order valence-corrected chi connectivity index (χ0v) is 13.5. The first-order chi connectivity index (χ1) is 9.85. The number of carbonyl (C=O) groups is 2. The van der Waals surface area contributed by atoms with Crippen LogP contribution in [-0.2, 0) is 9.59 Å². The third-order valence-corrected chi connectivity index (χ3v) is 4.40. The second kappa shape index (κ2) is 6.77. The van der Waals surface area contributed by atoms with Crippen LogP contribution >= 0.6 is 0 Å². The van der Waals surface area contributed by atoms with Gasteiger partial charge in [-0.05, 0) is 52.4 Å². The fourth-order valence-corrected chi connectivity index (χ4v) is 3.45. The Morgan fingerprint density at radius 2 is 1.81 bits per heavy atom. The van der Waals surface area contributed by atoms with Crippen LogP contribution in [0.15, 0.2) is 0 Å². The van der Waals surface area contributed by atoms with Crippen molar-refractivity contribution >= 4 is 11.8 Å². The molecule has 2 rings (SSSR count). The van der Waals surface area contributed by atoms with Gasteiger partial charge in [0, 0.05) is 11.6 Å². The number of piperidine rings is 1. The highest BCUT2D eigenvalue weighted by Gasteiger charge is 2.34. The van der Waals surface area contributed by atoms with Crippen LogP contribution in [0.2, 0.25) is 0 Å². The molecule has 1 aliphatic carbocycles. The van der Waals surface area contributed by atoms with Crippen LogP contribution in [0.3, 0.4) is 0 Å². The Morgan fingerprint density at radius 3 is 2.52 bits per heavy atom. The summed E-state index contributed by atoms with van der Waals surface area (Å²) in [5.41, 5.74) is -0.264.